The summed E-state index contributed by atoms with van der Waals surface area (Å²) in [6, 6.07) is 3.18. The highest BCUT2D eigenvalue weighted by Gasteiger charge is 2.02. The van der Waals surface area contributed by atoms with E-state index in [4.69, 9.17) is 0 Å². The van der Waals surface area contributed by atoms with Crippen LogP contribution in [0, 0.1) is 0 Å². The number of rotatable bonds is 8. The third-order valence-electron chi connectivity index (χ3n) is 2.58. The molecule has 1 aromatic heterocycles. The quantitative estimate of drug-likeness (QED) is 0.686. The van der Waals surface area contributed by atoms with Gasteiger partial charge in [-0.05, 0) is 35.0 Å². The van der Waals surface area contributed by atoms with E-state index in [-0.39, 0.29) is 23.9 Å². The zero-order valence-electron chi connectivity index (χ0n) is 11.5. The Labute approximate surface area is 133 Å². The molecule has 114 valence electrons. The van der Waals surface area contributed by atoms with E-state index in [1.165, 1.54) is 10.6 Å². The zero-order valence-corrected chi connectivity index (χ0v) is 13.9. The molecule has 0 aromatic carbocycles. The first-order valence-corrected chi connectivity index (χ1v) is 7.26. The number of aryl methyl sites for hydroxylation is 1. The average Bonchev–Trinajstić information content (AvgIpc) is 2.39. The molecule has 0 bridgehead atoms. The fraction of sp³-hybridized carbons (Fsp3) is 0.538. The van der Waals surface area contributed by atoms with Crippen LogP contribution in [0.4, 0.5) is 0 Å². The van der Waals surface area contributed by atoms with E-state index in [1.54, 1.807) is 12.3 Å². The van der Waals surface area contributed by atoms with Gasteiger partial charge in [0.1, 0.15) is 0 Å². The van der Waals surface area contributed by atoms with Crippen LogP contribution in [0.1, 0.15) is 19.8 Å². The van der Waals surface area contributed by atoms with Crippen LogP contribution >= 0.6 is 28.3 Å². The van der Waals surface area contributed by atoms with Crippen molar-refractivity contribution in [1.82, 2.24) is 15.2 Å². The van der Waals surface area contributed by atoms with Crippen LogP contribution in [-0.4, -0.2) is 30.1 Å². The number of nitrogens with zero attached hydrogens (tertiary/aromatic N) is 1. The molecule has 0 aliphatic heterocycles. The normalized spacial score (nSPS) is 9.90. The zero-order chi connectivity index (χ0) is 14.1. The number of carbonyl (C=O) groups excluding carboxylic acids is 1. The summed E-state index contributed by atoms with van der Waals surface area (Å²) >= 11 is 3.30. The molecular formula is C13H21BrClN3O2. The highest BCUT2D eigenvalue weighted by molar-refractivity contribution is 9.10. The van der Waals surface area contributed by atoms with Gasteiger partial charge >= 0.3 is 0 Å². The summed E-state index contributed by atoms with van der Waals surface area (Å²) in [5.41, 5.74) is -0.0967. The van der Waals surface area contributed by atoms with Gasteiger partial charge in [0.15, 0.2) is 0 Å². The van der Waals surface area contributed by atoms with Gasteiger partial charge in [0, 0.05) is 42.8 Å². The number of halogens is 2. The van der Waals surface area contributed by atoms with Gasteiger partial charge in [-0.3, -0.25) is 9.59 Å². The van der Waals surface area contributed by atoms with Crippen molar-refractivity contribution >= 4 is 34.2 Å². The highest BCUT2D eigenvalue weighted by Crippen LogP contribution is 2.04. The second-order valence-corrected chi connectivity index (χ2v) is 5.14. The molecule has 5 nitrogen and oxygen atoms in total. The Morgan fingerprint density at radius 1 is 1.30 bits per heavy atom. The second kappa shape index (κ2) is 10.9. The van der Waals surface area contributed by atoms with E-state index in [0.29, 0.717) is 19.5 Å². The Hall–Kier alpha value is -0.850. The number of amides is 1. The molecule has 0 radical (unpaired) electrons. The lowest BCUT2D eigenvalue weighted by atomic mass is 10.3. The van der Waals surface area contributed by atoms with Gasteiger partial charge in [0.2, 0.25) is 5.91 Å². The molecule has 0 unspecified atom stereocenters. The van der Waals surface area contributed by atoms with Crippen LogP contribution in [0.5, 0.6) is 0 Å². The lowest BCUT2D eigenvalue weighted by Crippen LogP contribution is -2.33. The van der Waals surface area contributed by atoms with Crippen LogP contribution in [0.2, 0.25) is 0 Å². The summed E-state index contributed by atoms with van der Waals surface area (Å²) in [4.78, 5) is 23.1. The first-order chi connectivity index (χ1) is 9.13. The van der Waals surface area contributed by atoms with Gasteiger partial charge in [0.25, 0.3) is 5.56 Å². The Bertz CT molecular complexity index is 465. The van der Waals surface area contributed by atoms with Gasteiger partial charge in [-0.15, -0.1) is 12.4 Å². The first-order valence-electron chi connectivity index (χ1n) is 6.47. The number of hydrogen-bond donors (Lipinski definition) is 2. The largest absolute Gasteiger partial charge is 0.355 e. The molecule has 0 spiro atoms. The molecular weight excluding hydrogens is 346 g/mol. The van der Waals surface area contributed by atoms with Crippen LogP contribution in [-0.2, 0) is 11.3 Å². The standard InChI is InChI=1S/C13H20BrN3O2.ClH/c1-2-6-15-7-8-16-12(18)5-9-17-10-11(14)3-4-13(17)19;/h3-4,10,15H,2,5-9H2,1H3,(H,16,18);1H. The van der Waals surface area contributed by atoms with Crippen molar-refractivity contribution in [2.45, 2.75) is 26.3 Å². The summed E-state index contributed by atoms with van der Waals surface area (Å²) in [6.07, 6.45) is 3.09. The maximum atomic E-state index is 11.6. The minimum Gasteiger partial charge on any atom is -0.355 e. The van der Waals surface area contributed by atoms with Gasteiger partial charge in [-0.1, -0.05) is 6.92 Å². The van der Waals surface area contributed by atoms with Crippen molar-refractivity contribution in [3.8, 4) is 0 Å². The first kappa shape index (κ1) is 19.1. The lowest BCUT2D eigenvalue weighted by molar-refractivity contribution is -0.121. The van der Waals surface area contributed by atoms with Crippen molar-refractivity contribution in [3.63, 3.8) is 0 Å². The molecule has 1 amide bonds. The maximum absolute atomic E-state index is 11.6. The molecule has 1 heterocycles. The number of hydrogen-bond acceptors (Lipinski definition) is 3. The second-order valence-electron chi connectivity index (χ2n) is 4.23. The van der Waals surface area contributed by atoms with Crippen molar-refractivity contribution in [1.29, 1.82) is 0 Å². The van der Waals surface area contributed by atoms with Crippen molar-refractivity contribution in [3.05, 3.63) is 33.2 Å². The third kappa shape index (κ3) is 7.67. The van der Waals surface area contributed by atoms with Gasteiger partial charge < -0.3 is 15.2 Å². The molecule has 7 heteroatoms. The van der Waals surface area contributed by atoms with Gasteiger partial charge in [-0.2, -0.15) is 0 Å². The molecule has 0 saturated heterocycles. The Morgan fingerprint density at radius 2 is 2.05 bits per heavy atom. The van der Waals surface area contributed by atoms with E-state index < -0.39 is 0 Å². The number of carbonyl (C=O) groups is 1. The number of aromatic nitrogens is 1. The topological polar surface area (TPSA) is 63.1 Å². The Morgan fingerprint density at radius 3 is 2.75 bits per heavy atom. The van der Waals surface area contributed by atoms with E-state index in [2.05, 4.69) is 33.5 Å². The predicted molar refractivity (Wildman–Crippen MR) is 86.4 cm³/mol. The summed E-state index contributed by atoms with van der Waals surface area (Å²) in [5.74, 6) is -0.0369. The van der Waals surface area contributed by atoms with Crippen LogP contribution in [0.3, 0.4) is 0 Å². The van der Waals surface area contributed by atoms with E-state index in [9.17, 15) is 9.59 Å². The van der Waals surface area contributed by atoms with E-state index in [1.807, 2.05) is 0 Å². The van der Waals surface area contributed by atoms with Crippen LogP contribution in [0.25, 0.3) is 0 Å². The minimum absolute atomic E-state index is 0. The molecule has 0 aliphatic carbocycles. The molecule has 0 fully saturated rings. The maximum Gasteiger partial charge on any atom is 0.250 e. The monoisotopic (exact) mass is 365 g/mol. The van der Waals surface area contributed by atoms with Crippen LogP contribution < -0.4 is 16.2 Å². The summed E-state index contributed by atoms with van der Waals surface area (Å²) in [7, 11) is 0. The third-order valence-corrected chi connectivity index (χ3v) is 3.05. The van der Waals surface area contributed by atoms with Crippen molar-refractivity contribution in [2.75, 3.05) is 19.6 Å². The molecule has 0 saturated carbocycles. The van der Waals surface area contributed by atoms with Crippen LogP contribution in [0.15, 0.2) is 27.6 Å². The molecule has 1 aromatic rings. The van der Waals surface area contributed by atoms with Crippen molar-refractivity contribution < 1.29 is 4.79 Å². The molecule has 2 N–H and O–H groups in total. The highest BCUT2D eigenvalue weighted by atomic mass is 79.9. The average molecular weight is 367 g/mol. The lowest BCUT2D eigenvalue weighted by Gasteiger charge is -2.08. The van der Waals surface area contributed by atoms with Gasteiger partial charge in [0.05, 0.1) is 0 Å². The van der Waals surface area contributed by atoms with E-state index in [0.717, 1.165) is 24.0 Å². The molecule has 1 rings (SSSR count). The molecule has 20 heavy (non-hydrogen) atoms. The Kier molecular flexibility index (Phi) is 10.4. The number of nitrogens with one attached hydrogen (secondary N) is 2. The Balaban J connectivity index is 0.00000361. The SMILES string of the molecule is CCCNCCNC(=O)CCn1cc(Br)ccc1=O.Cl. The van der Waals surface area contributed by atoms with E-state index >= 15 is 0 Å². The summed E-state index contributed by atoms with van der Waals surface area (Å²) in [6.45, 7) is 4.85. The fourth-order valence-electron chi connectivity index (χ4n) is 1.58. The molecule has 0 aliphatic rings. The molecule has 0 atom stereocenters. The van der Waals surface area contributed by atoms with Crippen molar-refractivity contribution in [2.24, 2.45) is 0 Å². The van der Waals surface area contributed by atoms with Gasteiger partial charge in [-0.25, -0.2) is 0 Å². The fourth-order valence-corrected chi connectivity index (χ4v) is 1.96. The smallest absolute Gasteiger partial charge is 0.250 e. The minimum atomic E-state index is -0.0967. The summed E-state index contributed by atoms with van der Waals surface area (Å²) < 4.78 is 2.36. The summed E-state index contributed by atoms with van der Waals surface area (Å²) in [5, 5.41) is 6.02. The number of pyridine rings is 1. The predicted octanol–water partition coefficient (Wildman–Crippen LogP) is 1.54.